The molecular formula is C21H22ClNO3. The molecule has 0 heterocycles. The molecule has 0 bridgehead atoms. The Bertz CT molecular complexity index is 784. The van der Waals surface area contributed by atoms with Crippen molar-refractivity contribution in [2.75, 3.05) is 6.61 Å². The molecule has 0 aliphatic heterocycles. The summed E-state index contributed by atoms with van der Waals surface area (Å²) in [4.78, 5) is 23.8. The van der Waals surface area contributed by atoms with Crippen molar-refractivity contribution >= 4 is 29.6 Å². The van der Waals surface area contributed by atoms with Crippen LogP contribution in [0.2, 0.25) is 5.02 Å². The first-order valence-corrected chi connectivity index (χ1v) is 8.82. The average molecular weight is 372 g/mol. The molecule has 0 saturated heterocycles. The number of rotatable bonds is 7. The third kappa shape index (κ3) is 6.05. The largest absolute Gasteiger partial charge is 0.452 e. The Hall–Kier alpha value is -2.59. The lowest BCUT2D eigenvalue weighted by Gasteiger charge is -2.17. The normalized spacial score (nSPS) is 12.0. The SMILES string of the molecule is CC[C@H](NC(=O)COC(=O)/C=C/c1ccccc1Cl)c1ccc(C)cc1. The number of hydrogen-bond acceptors (Lipinski definition) is 3. The highest BCUT2D eigenvalue weighted by Gasteiger charge is 2.13. The summed E-state index contributed by atoms with van der Waals surface area (Å²) in [6.45, 7) is 3.68. The molecule has 2 rings (SSSR count). The molecule has 0 spiro atoms. The molecule has 136 valence electrons. The van der Waals surface area contributed by atoms with E-state index in [0.29, 0.717) is 10.6 Å². The number of ether oxygens (including phenoxy) is 1. The number of halogens is 1. The second kappa shape index (κ2) is 9.78. The van der Waals surface area contributed by atoms with Crippen molar-refractivity contribution in [3.63, 3.8) is 0 Å². The number of hydrogen-bond donors (Lipinski definition) is 1. The van der Waals surface area contributed by atoms with Gasteiger partial charge in [-0.05, 0) is 36.6 Å². The van der Waals surface area contributed by atoms with Crippen LogP contribution in [-0.2, 0) is 14.3 Å². The van der Waals surface area contributed by atoms with Crippen LogP contribution in [0, 0.1) is 6.92 Å². The van der Waals surface area contributed by atoms with Gasteiger partial charge in [0.2, 0.25) is 0 Å². The summed E-state index contributed by atoms with van der Waals surface area (Å²) in [5.74, 6) is -0.930. The molecule has 0 fully saturated rings. The van der Waals surface area contributed by atoms with Gasteiger partial charge in [0.05, 0.1) is 6.04 Å². The summed E-state index contributed by atoms with van der Waals surface area (Å²) >= 11 is 6.01. The van der Waals surface area contributed by atoms with Crippen molar-refractivity contribution in [2.45, 2.75) is 26.3 Å². The van der Waals surface area contributed by atoms with E-state index in [1.807, 2.05) is 44.2 Å². The van der Waals surface area contributed by atoms with Crippen LogP contribution < -0.4 is 5.32 Å². The van der Waals surface area contributed by atoms with Gasteiger partial charge in [-0.2, -0.15) is 0 Å². The fraction of sp³-hybridized carbons (Fsp3) is 0.238. The Morgan fingerprint density at radius 1 is 1.15 bits per heavy atom. The van der Waals surface area contributed by atoms with Gasteiger partial charge in [0.25, 0.3) is 5.91 Å². The lowest BCUT2D eigenvalue weighted by Crippen LogP contribution is -2.32. The van der Waals surface area contributed by atoms with Gasteiger partial charge in [0.15, 0.2) is 6.61 Å². The van der Waals surface area contributed by atoms with E-state index in [4.69, 9.17) is 16.3 Å². The molecule has 2 aromatic carbocycles. The van der Waals surface area contributed by atoms with Crippen molar-refractivity contribution in [3.05, 3.63) is 76.3 Å². The molecule has 0 aliphatic carbocycles. The average Bonchev–Trinajstić information content (AvgIpc) is 2.64. The Morgan fingerprint density at radius 2 is 1.85 bits per heavy atom. The van der Waals surface area contributed by atoms with Crippen LogP contribution in [0.15, 0.2) is 54.6 Å². The van der Waals surface area contributed by atoms with E-state index in [2.05, 4.69) is 5.32 Å². The van der Waals surface area contributed by atoms with Crippen molar-refractivity contribution < 1.29 is 14.3 Å². The minimum Gasteiger partial charge on any atom is -0.452 e. The number of carbonyl (C=O) groups is 2. The molecule has 0 saturated carbocycles. The van der Waals surface area contributed by atoms with Crippen LogP contribution in [0.25, 0.3) is 6.08 Å². The first-order chi connectivity index (χ1) is 12.5. The quantitative estimate of drug-likeness (QED) is 0.577. The van der Waals surface area contributed by atoms with Crippen molar-refractivity contribution in [3.8, 4) is 0 Å². The van der Waals surface area contributed by atoms with Crippen LogP contribution in [-0.4, -0.2) is 18.5 Å². The fourth-order valence-electron chi connectivity index (χ4n) is 2.41. The Kier molecular flexibility index (Phi) is 7.42. The van der Waals surface area contributed by atoms with E-state index in [1.165, 1.54) is 6.08 Å². The monoisotopic (exact) mass is 371 g/mol. The molecule has 1 atom stereocenters. The first-order valence-electron chi connectivity index (χ1n) is 8.45. The van der Waals surface area contributed by atoms with Crippen LogP contribution in [0.3, 0.4) is 0 Å². The summed E-state index contributed by atoms with van der Waals surface area (Å²) in [6, 6.07) is 15.0. The zero-order valence-corrected chi connectivity index (χ0v) is 15.6. The van der Waals surface area contributed by atoms with Gasteiger partial charge in [-0.3, -0.25) is 4.79 Å². The summed E-state index contributed by atoms with van der Waals surface area (Å²) < 4.78 is 4.98. The first kappa shape index (κ1) is 19.7. The van der Waals surface area contributed by atoms with Gasteiger partial charge in [0, 0.05) is 11.1 Å². The lowest BCUT2D eigenvalue weighted by molar-refractivity contribution is -0.144. The van der Waals surface area contributed by atoms with E-state index in [0.717, 1.165) is 17.5 Å². The number of esters is 1. The number of aryl methyl sites for hydroxylation is 1. The molecule has 5 heteroatoms. The number of benzene rings is 2. The van der Waals surface area contributed by atoms with Crippen molar-refractivity contribution in [1.29, 1.82) is 0 Å². The highest BCUT2D eigenvalue weighted by Crippen LogP contribution is 2.17. The molecular weight excluding hydrogens is 350 g/mol. The molecule has 0 aliphatic rings. The predicted molar refractivity (Wildman–Crippen MR) is 104 cm³/mol. The lowest BCUT2D eigenvalue weighted by atomic mass is 10.0. The van der Waals surface area contributed by atoms with Crippen LogP contribution in [0.4, 0.5) is 0 Å². The predicted octanol–water partition coefficient (Wildman–Crippen LogP) is 4.47. The molecule has 1 N–H and O–H groups in total. The fourth-order valence-corrected chi connectivity index (χ4v) is 2.61. The topological polar surface area (TPSA) is 55.4 Å². The maximum Gasteiger partial charge on any atom is 0.331 e. The van der Waals surface area contributed by atoms with E-state index in [1.54, 1.807) is 24.3 Å². The van der Waals surface area contributed by atoms with Gasteiger partial charge >= 0.3 is 5.97 Å². The molecule has 26 heavy (non-hydrogen) atoms. The van der Waals surface area contributed by atoms with Crippen LogP contribution >= 0.6 is 11.6 Å². The maximum absolute atomic E-state index is 12.1. The zero-order valence-electron chi connectivity index (χ0n) is 14.9. The Morgan fingerprint density at radius 3 is 2.50 bits per heavy atom. The molecule has 0 aromatic heterocycles. The second-order valence-corrected chi connectivity index (χ2v) is 6.31. The standard InChI is InChI=1S/C21H22ClNO3/c1-3-19(17-10-8-15(2)9-11-17)23-20(24)14-26-21(25)13-12-16-6-4-5-7-18(16)22/h4-13,19H,3,14H2,1-2H3,(H,23,24)/b13-12+/t19-/m0/s1. The highest BCUT2D eigenvalue weighted by atomic mass is 35.5. The highest BCUT2D eigenvalue weighted by molar-refractivity contribution is 6.32. The van der Waals surface area contributed by atoms with Gasteiger partial charge in [0.1, 0.15) is 0 Å². The Labute approximate surface area is 158 Å². The smallest absolute Gasteiger partial charge is 0.331 e. The van der Waals surface area contributed by atoms with Gasteiger partial charge in [-0.25, -0.2) is 4.79 Å². The summed E-state index contributed by atoms with van der Waals surface area (Å²) in [7, 11) is 0. The molecule has 0 radical (unpaired) electrons. The molecule has 2 aromatic rings. The summed E-state index contributed by atoms with van der Waals surface area (Å²) in [5, 5.41) is 3.42. The van der Waals surface area contributed by atoms with Gasteiger partial charge in [-0.1, -0.05) is 66.6 Å². The zero-order chi connectivity index (χ0) is 18.9. The molecule has 4 nitrogen and oxygen atoms in total. The third-order valence-corrected chi connectivity index (χ3v) is 4.22. The minimum absolute atomic E-state index is 0.111. The third-order valence-electron chi connectivity index (χ3n) is 3.87. The summed E-state index contributed by atoms with van der Waals surface area (Å²) in [6.07, 6.45) is 3.56. The van der Waals surface area contributed by atoms with E-state index >= 15 is 0 Å². The number of amides is 1. The summed E-state index contributed by atoms with van der Waals surface area (Å²) in [5.41, 5.74) is 2.89. The van der Waals surface area contributed by atoms with E-state index in [9.17, 15) is 9.59 Å². The minimum atomic E-state index is -0.594. The molecule has 0 unspecified atom stereocenters. The van der Waals surface area contributed by atoms with Crippen LogP contribution in [0.5, 0.6) is 0 Å². The Balaban J connectivity index is 1.84. The van der Waals surface area contributed by atoms with E-state index < -0.39 is 5.97 Å². The van der Waals surface area contributed by atoms with Crippen LogP contribution in [0.1, 0.15) is 36.1 Å². The maximum atomic E-state index is 12.1. The molecule has 1 amide bonds. The number of carbonyl (C=O) groups excluding carboxylic acids is 2. The van der Waals surface area contributed by atoms with Crippen molar-refractivity contribution in [2.24, 2.45) is 0 Å². The van der Waals surface area contributed by atoms with Crippen molar-refractivity contribution in [1.82, 2.24) is 5.32 Å². The van der Waals surface area contributed by atoms with E-state index in [-0.39, 0.29) is 18.6 Å². The van der Waals surface area contributed by atoms with Gasteiger partial charge < -0.3 is 10.1 Å². The van der Waals surface area contributed by atoms with Gasteiger partial charge in [-0.15, -0.1) is 0 Å². The second-order valence-electron chi connectivity index (χ2n) is 5.90. The number of nitrogens with one attached hydrogen (secondary N) is 1.